The minimum atomic E-state index is -0.278. The predicted octanol–water partition coefficient (Wildman–Crippen LogP) is 2.92. The molecule has 3 aromatic rings. The zero-order valence-electron chi connectivity index (χ0n) is 16.8. The van der Waals surface area contributed by atoms with E-state index in [2.05, 4.69) is 5.10 Å². The molecule has 1 aliphatic rings. The maximum atomic E-state index is 13.3. The van der Waals surface area contributed by atoms with Gasteiger partial charge in [0.2, 0.25) is 0 Å². The number of fused-ring (bicyclic) bond motifs is 1. The lowest BCUT2D eigenvalue weighted by Crippen LogP contribution is -2.38. The van der Waals surface area contributed by atoms with Crippen LogP contribution < -0.4 is 19.9 Å². The van der Waals surface area contributed by atoms with E-state index >= 15 is 0 Å². The van der Waals surface area contributed by atoms with Crippen molar-refractivity contribution in [1.29, 1.82) is 0 Å². The molecule has 0 bridgehead atoms. The fourth-order valence-corrected chi connectivity index (χ4v) is 3.61. The van der Waals surface area contributed by atoms with Gasteiger partial charge in [-0.1, -0.05) is 30.3 Å². The lowest BCUT2D eigenvalue weighted by Gasteiger charge is -2.30. The lowest BCUT2D eigenvalue weighted by atomic mass is 10.0. The molecule has 2 aromatic carbocycles. The topological polar surface area (TPSA) is 73.7 Å². The molecule has 0 fully saturated rings. The highest BCUT2D eigenvalue weighted by atomic mass is 16.5. The Bertz CT molecular complexity index is 1080. The Morgan fingerprint density at radius 1 is 1.07 bits per heavy atom. The van der Waals surface area contributed by atoms with Crippen molar-refractivity contribution in [2.75, 3.05) is 25.2 Å². The van der Waals surface area contributed by atoms with E-state index in [0.29, 0.717) is 12.3 Å². The van der Waals surface area contributed by atoms with E-state index < -0.39 is 0 Å². The Morgan fingerprint density at radius 2 is 1.90 bits per heavy atom. The number of anilines is 1. The van der Waals surface area contributed by atoms with Crippen LogP contribution in [0.5, 0.6) is 11.5 Å². The Balaban J connectivity index is 1.55. The van der Waals surface area contributed by atoms with Gasteiger partial charge in [0, 0.05) is 12.6 Å². The third-order valence-electron chi connectivity index (χ3n) is 5.05. The Labute approximate surface area is 174 Å². The number of carbonyl (C=O) groups is 1. The van der Waals surface area contributed by atoms with Gasteiger partial charge in [0.1, 0.15) is 23.8 Å². The van der Waals surface area contributed by atoms with E-state index in [0.717, 1.165) is 29.8 Å². The van der Waals surface area contributed by atoms with Crippen LogP contribution in [-0.2, 0) is 13.0 Å². The molecule has 2 heterocycles. The van der Waals surface area contributed by atoms with Crippen LogP contribution in [0.3, 0.4) is 0 Å². The molecule has 154 valence electrons. The van der Waals surface area contributed by atoms with Crippen LogP contribution in [0, 0.1) is 0 Å². The van der Waals surface area contributed by atoms with E-state index in [4.69, 9.17) is 9.47 Å². The van der Waals surface area contributed by atoms with Crippen LogP contribution in [0.1, 0.15) is 22.5 Å². The molecule has 4 rings (SSSR count). The Kier molecular flexibility index (Phi) is 5.79. The van der Waals surface area contributed by atoms with E-state index in [9.17, 15) is 9.59 Å². The second kappa shape index (κ2) is 8.82. The number of hydrogen-bond donors (Lipinski definition) is 0. The molecule has 1 aromatic heterocycles. The molecule has 0 unspecified atom stereocenters. The van der Waals surface area contributed by atoms with Crippen molar-refractivity contribution in [3.8, 4) is 11.5 Å². The van der Waals surface area contributed by atoms with Crippen molar-refractivity contribution in [2.24, 2.45) is 0 Å². The number of ether oxygens (including phenoxy) is 2. The molecule has 1 aliphatic heterocycles. The summed E-state index contributed by atoms with van der Waals surface area (Å²) in [5.74, 6) is 1.12. The lowest BCUT2D eigenvalue weighted by molar-refractivity contribution is 0.0976. The molecule has 0 N–H and O–H groups in total. The quantitative estimate of drug-likeness (QED) is 0.630. The first-order valence-electron chi connectivity index (χ1n) is 9.91. The summed E-state index contributed by atoms with van der Waals surface area (Å²) < 4.78 is 12.4. The van der Waals surface area contributed by atoms with E-state index in [1.165, 1.54) is 16.8 Å². The van der Waals surface area contributed by atoms with E-state index in [-0.39, 0.29) is 30.3 Å². The molecule has 0 saturated carbocycles. The Morgan fingerprint density at radius 3 is 2.70 bits per heavy atom. The number of rotatable bonds is 6. The summed E-state index contributed by atoms with van der Waals surface area (Å²) in [6.45, 7) is 1.09. The molecule has 0 aliphatic carbocycles. The number of hydrogen-bond acceptors (Lipinski definition) is 5. The summed E-state index contributed by atoms with van der Waals surface area (Å²) in [7, 11) is 1.60. The van der Waals surface area contributed by atoms with Gasteiger partial charge in [-0.2, -0.15) is 5.10 Å². The van der Waals surface area contributed by atoms with Crippen molar-refractivity contribution < 1.29 is 14.3 Å². The first-order valence-corrected chi connectivity index (χ1v) is 9.91. The van der Waals surface area contributed by atoms with Crippen LogP contribution in [0.25, 0.3) is 0 Å². The molecule has 0 spiro atoms. The van der Waals surface area contributed by atoms with Gasteiger partial charge >= 0.3 is 0 Å². The monoisotopic (exact) mass is 405 g/mol. The average Bonchev–Trinajstić information content (AvgIpc) is 2.79. The summed E-state index contributed by atoms with van der Waals surface area (Å²) in [6, 6.07) is 18.0. The van der Waals surface area contributed by atoms with Gasteiger partial charge in [-0.3, -0.25) is 9.59 Å². The van der Waals surface area contributed by atoms with E-state index in [1.54, 1.807) is 12.0 Å². The van der Waals surface area contributed by atoms with Crippen molar-refractivity contribution >= 4 is 11.6 Å². The van der Waals surface area contributed by atoms with Gasteiger partial charge in [-0.15, -0.1) is 0 Å². The average molecular weight is 405 g/mol. The number of nitrogens with zero attached hydrogens (tertiary/aromatic N) is 3. The summed E-state index contributed by atoms with van der Waals surface area (Å²) in [5, 5.41) is 4.30. The fourth-order valence-electron chi connectivity index (χ4n) is 3.61. The largest absolute Gasteiger partial charge is 0.495 e. The molecular weight excluding hydrogens is 382 g/mol. The summed E-state index contributed by atoms with van der Waals surface area (Å²) in [6.07, 6.45) is 1.75. The zero-order chi connectivity index (χ0) is 20.9. The van der Waals surface area contributed by atoms with Crippen LogP contribution in [0.15, 0.2) is 65.5 Å². The Hall–Kier alpha value is -3.61. The van der Waals surface area contributed by atoms with Crippen LogP contribution >= 0.6 is 0 Å². The first kappa shape index (κ1) is 19.7. The molecule has 30 heavy (non-hydrogen) atoms. The second-order valence-corrected chi connectivity index (χ2v) is 6.97. The minimum Gasteiger partial charge on any atom is -0.495 e. The molecule has 0 radical (unpaired) electrons. The van der Waals surface area contributed by atoms with Crippen molar-refractivity contribution in [3.05, 3.63) is 82.3 Å². The second-order valence-electron chi connectivity index (χ2n) is 6.97. The molecule has 0 atom stereocenters. The number of aromatic nitrogens is 2. The highest BCUT2D eigenvalue weighted by molar-refractivity contribution is 6.06. The number of benzene rings is 2. The van der Waals surface area contributed by atoms with Crippen molar-refractivity contribution in [2.45, 2.75) is 19.4 Å². The highest BCUT2D eigenvalue weighted by Crippen LogP contribution is 2.36. The zero-order valence-corrected chi connectivity index (χ0v) is 16.8. The van der Waals surface area contributed by atoms with Gasteiger partial charge in [0.05, 0.1) is 19.3 Å². The minimum absolute atomic E-state index is 0.216. The molecule has 1 amide bonds. The maximum absolute atomic E-state index is 13.3. The van der Waals surface area contributed by atoms with Gasteiger partial charge in [0.25, 0.3) is 11.5 Å². The molecular formula is C23H23N3O4. The number of carbonyl (C=O) groups excluding carboxylic acids is 1. The van der Waals surface area contributed by atoms with Gasteiger partial charge in [-0.25, -0.2) is 4.68 Å². The number of methoxy groups -OCH3 is 1. The number of amides is 1. The summed E-state index contributed by atoms with van der Waals surface area (Å²) in [5.41, 5.74) is 1.79. The molecule has 7 heteroatoms. The number of aryl methyl sites for hydroxylation is 1. The summed E-state index contributed by atoms with van der Waals surface area (Å²) >= 11 is 0. The maximum Gasteiger partial charge on any atom is 0.278 e. The van der Waals surface area contributed by atoms with Gasteiger partial charge < -0.3 is 14.4 Å². The molecule has 0 saturated heterocycles. The van der Waals surface area contributed by atoms with E-state index in [1.807, 2.05) is 48.5 Å². The van der Waals surface area contributed by atoms with Crippen molar-refractivity contribution in [3.63, 3.8) is 0 Å². The van der Waals surface area contributed by atoms with Gasteiger partial charge in [0.15, 0.2) is 0 Å². The first-order chi connectivity index (χ1) is 14.7. The van der Waals surface area contributed by atoms with Crippen LogP contribution in [-0.4, -0.2) is 35.9 Å². The fraction of sp³-hybridized carbons (Fsp3) is 0.261. The van der Waals surface area contributed by atoms with Crippen LogP contribution in [0.4, 0.5) is 5.69 Å². The summed E-state index contributed by atoms with van der Waals surface area (Å²) in [4.78, 5) is 27.2. The standard InChI is InChI=1S/C23H23N3O4/c1-29-20-11-5-7-17-8-6-14-25(22(17)20)23(28)19-12-13-21(27)26(24-19)15-16-30-18-9-3-2-4-10-18/h2-5,7,9-13H,6,8,14-16H2,1H3. The van der Waals surface area contributed by atoms with Crippen molar-refractivity contribution in [1.82, 2.24) is 9.78 Å². The normalized spacial score (nSPS) is 12.9. The third kappa shape index (κ3) is 4.05. The smallest absolute Gasteiger partial charge is 0.278 e. The predicted molar refractivity (Wildman–Crippen MR) is 113 cm³/mol. The number of para-hydroxylation sites is 2. The SMILES string of the molecule is COc1cccc2c1N(C(=O)c1ccc(=O)n(CCOc3ccccc3)n1)CCC2. The van der Waals surface area contributed by atoms with Gasteiger partial charge in [-0.05, 0) is 42.7 Å². The highest BCUT2D eigenvalue weighted by Gasteiger charge is 2.27. The molecule has 7 nitrogen and oxygen atoms in total. The van der Waals surface area contributed by atoms with Crippen LogP contribution in [0.2, 0.25) is 0 Å². The third-order valence-corrected chi connectivity index (χ3v) is 5.05.